The van der Waals surface area contributed by atoms with Crippen LogP contribution in [0.25, 0.3) is 0 Å². The Morgan fingerprint density at radius 3 is 2.27 bits per heavy atom. The molecule has 0 saturated heterocycles. The number of furan rings is 1. The van der Waals surface area contributed by atoms with Crippen LogP contribution in [0.15, 0.2) is 41.0 Å². The lowest BCUT2D eigenvalue weighted by atomic mass is 10.0. The molecule has 0 aliphatic carbocycles. The van der Waals surface area contributed by atoms with Gasteiger partial charge in [0.05, 0.1) is 24.8 Å². The predicted molar refractivity (Wildman–Crippen MR) is 103 cm³/mol. The monoisotopic (exact) mass is 378 g/mol. The van der Waals surface area contributed by atoms with Crippen molar-refractivity contribution < 1.29 is 17.6 Å². The van der Waals surface area contributed by atoms with Crippen LogP contribution in [-0.2, 0) is 34.2 Å². The molecule has 26 heavy (non-hydrogen) atoms. The third kappa shape index (κ3) is 5.11. The molecule has 7 heteroatoms. The SMILES string of the molecule is CCc1cccc(CC)c1N(CCC(=O)NCc1ccco1)S(C)(=O)=O. The van der Waals surface area contributed by atoms with Crippen molar-refractivity contribution in [2.45, 2.75) is 39.7 Å². The number of nitrogens with zero attached hydrogens (tertiary/aromatic N) is 1. The summed E-state index contributed by atoms with van der Waals surface area (Å²) in [7, 11) is -3.50. The summed E-state index contributed by atoms with van der Waals surface area (Å²) < 4.78 is 31.3. The number of nitrogens with one attached hydrogen (secondary N) is 1. The summed E-state index contributed by atoms with van der Waals surface area (Å²) in [6.07, 6.45) is 4.25. The quantitative estimate of drug-likeness (QED) is 0.728. The smallest absolute Gasteiger partial charge is 0.232 e. The number of carbonyl (C=O) groups is 1. The number of hydrogen-bond donors (Lipinski definition) is 1. The van der Waals surface area contributed by atoms with Gasteiger partial charge in [-0.15, -0.1) is 0 Å². The van der Waals surface area contributed by atoms with Gasteiger partial charge in [-0.1, -0.05) is 32.0 Å². The van der Waals surface area contributed by atoms with E-state index in [1.807, 2.05) is 32.0 Å². The van der Waals surface area contributed by atoms with Crippen molar-refractivity contribution in [1.29, 1.82) is 0 Å². The molecule has 1 N–H and O–H groups in total. The topological polar surface area (TPSA) is 79.6 Å². The molecular formula is C19H26N2O4S. The fourth-order valence-corrected chi connectivity index (χ4v) is 3.86. The number of carbonyl (C=O) groups excluding carboxylic acids is 1. The molecule has 1 aromatic heterocycles. The maximum atomic E-state index is 12.4. The second-order valence-electron chi connectivity index (χ2n) is 6.07. The van der Waals surface area contributed by atoms with Crippen LogP contribution in [0.5, 0.6) is 0 Å². The number of hydrogen-bond acceptors (Lipinski definition) is 4. The van der Waals surface area contributed by atoms with E-state index < -0.39 is 10.0 Å². The van der Waals surface area contributed by atoms with E-state index in [0.717, 1.165) is 24.0 Å². The Morgan fingerprint density at radius 1 is 1.12 bits per heavy atom. The lowest BCUT2D eigenvalue weighted by Crippen LogP contribution is -2.35. The summed E-state index contributed by atoms with van der Waals surface area (Å²) in [5.74, 6) is 0.435. The molecule has 1 amide bonds. The van der Waals surface area contributed by atoms with Crippen LogP contribution in [0.4, 0.5) is 5.69 Å². The van der Waals surface area contributed by atoms with Gasteiger partial charge in [0.15, 0.2) is 0 Å². The highest BCUT2D eigenvalue weighted by Crippen LogP contribution is 2.29. The summed E-state index contributed by atoms with van der Waals surface area (Å²) in [4.78, 5) is 12.1. The minimum absolute atomic E-state index is 0.0784. The number of sulfonamides is 1. The van der Waals surface area contributed by atoms with Crippen molar-refractivity contribution in [1.82, 2.24) is 5.32 Å². The number of benzene rings is 1. The van der Waals surface area contributed by atoms with Gasteiger partial charge in [0, 0.05) is 13.0 Å². The Bertz CT molecular complexity index is 807. The van der Waals surface area contributed by atoms with Gasteiger partial charge in [0.25, 0.3) is 0 Å². The van der Waals surface area contributed by atoms with Crippen molar-refractivity contribution in [2.75, 3.05) is 17.1 Å². The summed E-state index contributed by atoms with van der Waals surface area (Å²) in [5, 5.41) is 2.75. The summed E-state index contributed by atoms with van der Waals surface area (Å²) in [5.41, 5.74) is 2.63. The Balaban J connectivity index is 2.15. The zero-order chi connectivity index (χ0) is 19.2. The first-order chi connectivity index (χ1) is 12.4. The lowest BCUT2D eigenvalue weighted by Gasteiger charge is -2.27. The average Bonchev–Trinajstić information content (AvgIpc) is 3.12. The van der Waals surface area contributed by atoms with E-state index in [4.69, 9.17) is 4.42 Å². The van der Waals surface area contributed by atoms with Crippen LogP contribution in [0, 0.1) is 0 Å². The summed E-state index contributed by atoms with van der Waals surface area (Å²) >= 11 is 0. The van der Waals surface area contributed by atoms with Gasteiger partial charge in [-0.05, 0) is 36.1 Å². The van der Waals surface area contributed by atoms with Gasteiger partial charge in [-0.3, -0.25) is 9.10 Å². The number of para-hydroxylation sites is 1. The highest BCUT2D eigenvalue weighted by atomic mass is 32.2. The summed E-state index contributed by atoms with van der Waals surface area (Å²) in [6, 6.07) is 9.33. The molecule has 0 aliphatic heterocycles. The van der Waals surface area contributed by atoms with Crippen molar-refractivity contribution >= 4 is 21.6 Å². The largest absolute Gasteiger partial charge is 0.467 e. The molecule has 6 nitrogen and oxygen atoms in total. The first kappa shape index (κ1) is 20.0. The van der Waals surface area contributed by atoms with Crippen molar-refractivity contribution in [2.24, 2.45) is 0 Å². The zero-order valence-corrected chi connectivity index (χ0v) is 16.3. The molecule has 0 radical (unpaired) electrons. The molecule has 142 valence electrons. The Morgan fingerprint density at radius 2 is 1.77 bits per heavy atom. The van der Waals surface area contributed by atoms with Crippen molar-refractivity contribution in [3.63, 3.8) is 0 Å². The molecule has 2 rings (SSSR count). The second-order valence-corrected chi connectivity index (χ2v) is 7.98. The highest BCUT2D eigenvalue weighted by Gasteiger charge is 2.23. The van der Waals surface area contributed by atoms with E-state index in [0.29, 0.717) is 11.4 Å². The first-order valence-electron chi connectivity index (χ1n) is 8.74. The van der Waals surface area contributed by atoms with Crippen molar-refractivity contribution in [3.8, 4) is 0 Å². The predicted octanol–water partition coefficient (Wildman–Crippen LogP) is 2.88. The first-order valence-corrected chi connectivity index (χ1v) is 10.6. The molecule has 0 spiro atoms. The van der Waals surface area contributed by atoms with Gasteiger partial charge in [-0.25, -0.2) is 8.42 Å². The molecule has 1 aromatic carbocycles. The van der Waals surface area contributed by atoms with E-state index in [-0.39, 0.29) is 25.4 Å². The number of amides is 1. The van der Waals surface area contributed by atoms with Gasteiger partial charge in [0.1, 0.15) is 5.76 Å². The number of anilines is 1. The van der Waals surface area contributed by atoms with Gasteiger partial charge >= 0.3 is 0 Å². The third-order valence-electron chi connectivity index (χ3n) is 4.20. The Labute approximate surface area is 155 Å². The molecule has 0 atom stereocenters. The fraction of sp³-hybridized carbons (Fsp3) is 0.421. The fourth-order valence-electron chi connectivity index (χ4n) is 2.87. The maximum Gasteiger partial charge on any atom is 0.232 e. The minimum atomic E-state index is -3.50. The molecule has 0 bridgehead atoms. The Kier molecular flexibility index (Phi) is 6.85. The average molecular weight is 378 g/mol. The second kappa shape index (κ2) is 8.89. The van der Waals surface area contributed by atoms with Gasteiger partial charge in [-0.2, -0.15) is 0 Å². The van der Waals surface area contributed by atoms with Crippen LogP contribution in [0.1, 0.15) is 37.2 Å². The lowest BCUT2D eigenvalue weighted by molar-refractivity contribution is -0.121. The van der Waals surface area contributed by atoms with Crippen LogP contribution in [0.3, 0.4) is 0 Å². The standard InChI is InChI=1S/C19H26N2O4S/c1-4-15-8-6-9-16(5-2)19(15)21(26(3,23)24)12-11-18(22)20-14-17-10-7-13-25-17/h6-10,13H,4-5,11-12,14H2,1-3H3,(H,20,22). The molecule has 0 fully saturated rings. The molecule has 1 heterocycles. The van der Waals surface area contributed by atoms with Crippen LogP contribution < -0.4 is 9.62 Å². The van der Waals surface area contributed by atoms with E-state index in [2.05, 4.69) is 5.32 Å². The molecule has 0 saturated carbocycles. The third-order valence-corrected chi connectivity index (χ3v) is 5.36. The normalized spacial score (nSPS) is 11.3. The van der Waals surface area contributed by atoms with Gasteiger partial charge in [0.2, 0.25) is 15.9 Å². The maximum absolute atomic E-state index is 12.4. The van der Waals surface area contributed by atoms with Crippen LogP contribution in [-0.4, -0.2) is 27.1 Å². The van der Waals surface area contributed by atoms with Crippen molar-refractivity contribution in [3.05, 3.63) is 53.5 Å². The minimum Gasteiger partial charge on any atom is -0.467 e. The molecule has 0 aliphatic rings. The number of rotatable bonds is 9. The summed E-state index contributed by atoms with van der Waals surface area (Å²) in [6.45, 7) is 4.38. The van der Waals surface area contributed by atoms with Gasteiger partial charge < -0.3 is 9.73 Å². The highest BCUT2D eigenvalue weighted by molar-refractivity contribution is 7.92. The molecule has 0 unspecified atom stereocenters. The zero-order valence-electron chi connectivity index (χ0n) is 15.5. The van der Waals surface area contributed by atoms with Crippen LogP contribution >= 0.6 is 0 Å². The van der Waals surface area contributed by atoms with E-state index >= 15 is 0 Å². The number of aryl methyl sites for hydroxylation is 2. The van der Waals surface area contributed by atoms with E-state index in [9.17, 15) is 13.2 Å². The molecule has 2 aromatic rings. The van der Waals surface area contributed by atoms with E-state index in [1.54, 1.807) is 18.4 Å². The Hall–Kier alpha value is -2.28. The van der Waals surface area contributed by atoms with E-state index in [1.165, 1.54) is 10.6 Å². The van der Waals surface area contributed by atoms with Crippen LogP contribution in [0.2, 0.25) is 0 Å². The molecular weight excluding hydrogens is 352 g/mol.